The Morgan fingerprint density at radius 1 is 1.30 bits per heavy atom. The first kappa shape index (κ1) is 19.8. The molecule has 0 saturated carbocycles. The third-order valence-corrected chi connectivity index (χ3v) is 6.19. The number of imidazole rings is 1. The lowest BCUT2D eigenvalue weighted by Crippen LogP contribution is -2.11. The number of rotatable bonds is 8. The first-order valence-corrected chi connectivity index (χ1v) is 11.3. The minimum Gasteiger partial charge on any atom is -0.338 e. The lowest BCUT2D eigenvalue weighted by atomic mass is 10.2. The Morgan fingerprint density at radius 2 is 2.07 bits per heavy atom. The van der Waals surface area contributed by atoms with Crippen molar-refractivity contribution in [3.05, 3.63) is 29.9 Å². The highest BCUT2D eigenvalue weighted by molar-refractivity contribution is 7.99. The van der Waals surface area contributed by atoms with Crippen molar-refractivity contribution < 1.29 is 12.9 Å². The van der Waals surface area contributed by atoms with Crippen molar-refractivity contribution in [1.29, 1.82) is 0 Å². The topological polar surface area (TPSA) is 117 Å². The Hall–Kier alpha value is -1.91. The van der Waals surface area contributed by atoms with E-state index in [0.29, 0.717) is 18.0 Å². The first-order valence-electron chi connectivity index (χ1n) is 8.85. The molecular weight excluding hydrogens is 386 g/mol. The number of unbranched alkanes of at least 4 members (excludes halogenated alkanes) is 1. The molecule has 10 heteroatoms. The SMILES string of the molecule is CCCCc1noc([C@@H](C)Sc2nc3cc(S(N)(=O)=O)ccc3n2CC)n1. The summed E-state index contributed by atoms with van der Waals surface area (Å²) in [4.78, 5) is 9.12. The second-order valence-corrected chi connectivity index (χ2v) is 9.12. The summed E-state index contributed by atoms with van der Waals surface area (Å²) < 4.78 is 30.6. The van der Waals surface area contributed by atoms with Crippen molar-refractivity contribution in [3.8, 4) is 0 Å². The molecule has 2 aromatic heterocycles. The largest absolute Gasteiger partial charge is 0.338 e. The van der Waals surface area contributed by atoms with Crippen molar-refractivity contribution in [3.63, 3.8) is 0 Å². The van der Waals surface area contributed by atoms with E-state index in [0.717, 1.165) is 35.8 Å². The summed E-state index contributed by atoms with van der Waals surface area (Å²) in [7, 11) is -3.76. The molecule has 3 rings (SSSR count). The van der Waals surface area contributed by atoms with Gasteiger partial charge in [0.2, 0.25) is 15.9 Å². The Morgan fingerprint density at radius 3 is 2.74 bits per heavy atom. The predicted octanol–water partition coefficient (Wildman–Crippen LogP) is 3.28. The number of fused-ring (bicyclic) bond motifs is 1. The molecule has 0 radical (unpaired) electrons. The average molecular weight is 410 g/mol. The van der Waals surface area contributed by atoms with Crippen LogP contribution in [0.2, 0.25) is 0 Å². The van der Waals surface area contributed by atoms with Crippen LogP contribution < -0.4 is 5.14 Å². The number of nitrogens with zero attached hydrogens (tertiary/aromatic N) is 4. The monoisotopic (exact) mass is 409 g/mol. The van der Waals surface area contributed by atoms with Gasteiger partial charge in [-0.15, -0.1) is 0 Å². The lowest BCUT2D eigenvalue weighted by Gasteiger charge is -2.08. The molecule has 2 heterocycles. The Kier molecular flexibility index (Phi) is 5.87. The van der Waals surface area contributed by atoms with Gasteiger partial charge in [-0.25, -0.2) is 18.5 Å². The van der Waals surface area contributed by atoms with E-state index in [4.69, 9.17) is 9.66 Å². The number of benzene rings is 1. The molecule has 1 aromatic carbocycles. The maximum Gasteiger partial charge on any atom is 0.239 e. The normalized spacial score (nSPS) is 13.3. The van der Waals surface area contributed by atoms with Crippen LogP contribution >= 0.6 is 11.8 Å². The third kappa shape index (κ3) is 4.33. The summed E-state index contributed by atoms with van der Waals surface area (Å²) >= 11 is 1.50. The van der Waals surface area contributed by atoms with Crippen LogP contribution in [0.3, 0.4) is 0 Å². The fraction of sp³-hybridized carbons (Fsp3) is 0.471. The van der Waals surface area contributed by atoms with E-state index < -0.39 is 10.0 Å². The molecule has 8 nitrogen and oxygen atoms in total. The second-order valence-electron chi connectivity index (χ2n) is 6.25. The van der Waals surface area contributed by atoms with Crippen LogP contribution in [-0.4, -0.2) is 28.1 Å². The number of aryl methyl sites for hydroxylation is 2. The van der Waals surface area contributed by atoms with Crippen molar-refractivity contribution in [1.82, 2.24) is 19.7 Å². The summed E-state index contributed by atoms with van der Waals surface area (Å²) in [6, 6.07) is 4.73. The highest BCUT2D eigenvalue weighted by atomic mass is 32.2. The molecule has 146 valence electrons. The number of nitrogens with two attached hydrogens (primary N) is 1. The third-order valence-electron chi connectivity index (χ3n) is 4.20. The van der Waals surface area contributed by atoms with Gasteiger partial charge < -0.3 is 9.09 Å². The molecule has 0 fully saturated rings. The van der Waals surface area contributed by atoms with Crippen LogP contribution in [0.15, 0.2) is 32.8 Å². The summed E-state index contributed by atoms with van der Waals surface area (Å²) in [6.45, 7) is 6.82. The fourth-order valence-corrected chi connectivity index (χ4v) is 4.29. The van der Waals surface area contributed by atoms with E-state index in [-0.39, 0.29) is 10.1 Å². The lowest BCUT2D eigenvalue weighted by molar-refractivity contribution is 0.374. The molecule has 0 aliphatic rings. The first-order chi connectivity index (χ1) is 12.8. The van der Waals surface area contributed by atoms with Crippen molar-refractivity contribution >= 4 is 32.8 Å². The number of primary sulfonamides is 1. The molecule has 0 saturated heterocycles. The molecule has 27 heavy (non-hydrogen) atoms. The average Bonchev–Trinajstić information content (AvgIpc) is 3.22. The summed E-state index contributed by atoms with van der Waals surface area (Å²) in [6.07, 6.45) is 2.91. The number of thioether (sulfide) groups is 1. The number of hydrogen-bond acceptors (Lipinski definition) is 7. The second kappa shape index (κ2) is 7.99. The number of hydrogen-bond donors (Lipinski definition) is 1. The van der Waals surface area contributed by atoms with Crippen molar-refractivity contribution in [2.75, 3.05) is 0 Å². The molecule has 0 aliphatic heterocycles. The van der Waals surface area contributed by atoms with Crippen LogP contribution in [0.25, 0.3) is 11.0 Å². The number of sulfonamides is 1. The highest BCUT2D eigenvalue weighted by Gasteiger charge is 2.20. The van der Waals surface area contributed by atoms with Crippen LogP contribution in [0, 0.1) is 0 Å². The van der Waals surface area contributed by atoms with Gasteiger partial charge in [-0.05, 0) is 38.5 Å². The van der Waals surface area contributed by atoms with Gasteiger partial charge in [0, 0.05) is 13.0 Å². The van der Waals surface area contributed by atoms with Gasteiger partial charge >= 0.3 is 0 Å². The van der Waals surface area contributed by atoms with Gasteiger partial charge in [-0.3, -0.25) is 0 Å². The standard InChI is InChI=1S/C17H23N5O3S2/c1-4-6-7-15-20-16(25-21-15)11(3)26-17-19-13-10-12(27(18,23)24)8-9-14(13)22(17)5-2/h8-11H,4-7H2,1-3H3,(H2,18,23,24)/t11-/m1/s1. The Labute approximate surface area is 162 Å². The zero-order valence-electron chi connectivity index (χ0n) is 15.5. The smallest absolute Gasteiger partial charge is 0.239 e. The predicted molar refractivity (Wildman–Crippen MR) is 104 cm³/mol. The molecule has 0 bridgehead atoms. The molecule has 0 spiro atoms. The van der Waals surface area contributed by atoms with E-state index >= 15 is 0 Å². The van der Waals surface area contributed by atoms with E-state index in [1.807, 2.05) is 18.4 Å². The quantitative estimate of drug-likeness (QED) is 0.567. The molecule has 3 aromatic rings. The summed E-state index contributed by atoms with van der Waals surface area (Å²) in [5, 5.41) is 9.94. The van der Waals surface area contributed by atoms with Gasteiger partial charge in [0.05, 0.1) is 21.2 Å². The zero-order chi connectivity index (χ0) is 19.6. The fourth-order valence-electron chi connectivity index (χ4n) is 2.74. The minimum atomic E-state index is -3.76. The van der Waals surface area contributed by atoms with Crippen molar-refractivity contribution in [2.45, 2.75) is 61.9 Å². The highest BCUT2D eigenvalue weighted by Crippen LogP contribution is 2.35. The van der Waals surface area contributed by atoms with E-state index in [1.54, 1.807) is 6.07 Å². The molecular formula is C17H23N5O3S2. The maximum atomic E-state index is 11.6. The molecule has 2 N–H and O–H groups in total. The molecule has 0 unspecified atom stereocenters. The molecule has 0 aliphatic carbocycles. The Balaban J connectivity index is 1.88. The van der Waals surface area contributed by atoms with Crippen LogP contribution in [0.5, 0.6) is 0 Å². The molecule has 0 amide bonds. The maximum absolute atomic E-state index is 11.6. The zero-order valence-corrected chi connectivity index (χ0v) is 17.2. The van der Waals surface area contributed by atoms with Gasteiger partial charge in [0.1, 0.15) is 0 Å². The van der Waals surface area contributed by atoms with Gasteiger partial charge in [0.15, 0.2) is 11.0 Å². The van der Waals surface area contributed by atoms with Crippen LogP contribution in [-0.2, 0) is 23.0 Å². The summed E-state index contributed by atoms with van der Waals surface area (Å²) in [5.41, 5.74) is 1.45. The van der Waals surface area contributed by atoms with Crippen LogP contribution in [0.1, 0.15) is 50.6 Å². The minimum absolute atomic E-state index is 0.0535. The van der Waals surface area contributed by atoms with E-state index in [1.165, 1.54) is 23.9 Å². The van der Waals surface area contributed by atoms with Crippen molar-refractivity contribution in [2.24, 2.45) is 5.14 Å². The van der Waals surface area contributed by atoms with E-state index in [2.05, 4.69) is 22.0 Å². The molecule has 1 atom stereocenters. The number of aromatic nitrogens is 4. The van der Waals surface area contributed by atoms with Gasteiger partial charge in [-0.2, -0.15) is 4.98 Å². The van der Waals surface area contributed by atoms with Gasteiger partial charge in [-0.1, -0.05) is 30.3 Å². The van der Waals surface area contributed by atoms with Gasteiger partial charge in [0.25, 0.3) is 0 Å². The summed E-state index contributed by atoms with van der Waals surface area (Å²) in [5.74, 6) is 1.28. The van der Waals surface area contributed by atoms with E-state index in [9.17, 15) is 8.42 Å². The van der Waals surface area contributed by atoms with Crippen LogP contribution in [0.4, 0.5) is 0 Å². The Bertz CT molecular complexity index is 1040.